The predicted molar refractivity (Wildman–Crippen MR) is 79.8 cm³/mol. The predicted octanol–water partition coefficient (Wildman–Crippen LogP) is 2.65. The fraction of sp³-hybridized carbons (Fsp3) is 0.500. The van der Waals surface area contributed by atoms with E-state index >= 15 is 0 Å². The third-order valence-electron chi connectivity index (χ3n) is 3.99. The molecule has 0 unspecified atom stereocenters. The lowest BCUT2D eigenvalue weighted by atomic mass is 9.78. The molecule has 1 aromatic carbocycles. The first-order valence-corrected chi connectivity index (χ1v) is 8.64. The number of hydrogen-bond acceptors (Lipinski definition) is 3. The summed E-state index contributed by atoms with van der Waals surface area (Å²) < 4.78 is 27.2. The number of benzene rings is 1. The topological polar surface area (TPSA) is 83.5 Å². The Morgan fingerprint density at radius 2 is 1.81 bits per heavy atom. The van der Waals surface area contributed by atoms with Crippen molar-refractivity contribution < 1.29 is 18.3 Å². The van der Waals surface area contributed by atoms with E-state index in [-0.39, 0.29) is 4.90 Å². The lowest BCUT2D eigenvalue weighted by Gasteiger charge is -2.36. The summed E-state index contributed by atoms with van der Waals surface area (Å²) in [6.45, 7) is 2.04. The van der Waals surface area contributed by atoms with Crippen molar-refractivity contribution in [2.75, 3.05) is 0 Å². The summed E-state index contributed by atoms with van der Waals surface area (Å²) in [7, 11) is -3.89. The SMILES string of the molecule is CC1CCC(NS(=O)(=O)c2ccc(Cl)cc2)(C(=O)O)CC1. The van der Waals surface area contributed by atoms with E-state index in [9.17, 15) is 18.3 Å². The highest BCUT2D eigenvalue weighted by atomic mass is 35.5. The van der Waals surface area contributed by atoms with Gasteiger partial charge in [0, 0.05) is 5.02 Å². The minimum atomic E-state index is -3.89. The van der Waals surface area contributed by atoms with E-state index in [2.05, 4.69) is 4.72 Å². The zero-order valence-electron chi connectivity index (χ0n) is 11.7. The molecule has 0 spiro atoms. The van der Waals surface area contributed by atoms with Gasteiger partial charge in [-0.25, -0.2) is 8.42 Å². The summed E-state index contributed by atoms with van der Waals surface area (Å²) >= 11 is 5.74. The van der Waals surface area contributed by atoms with Crippen molar-refractivity contribution in [2.45, 2.75) is 43.0 Å². The summed E-state index contributed by atoms with van der Waals surface area (Å²) in [6.07, 6.45) is 1.98. The Bertz CT molecular complexity index is 619. The van der Waals surface area contributed by atoms with E-state index in [4.69, 9.17) is 11.6 Å². The number of carboxylic acid groups (broad SMARTS) is 1. The van der Waals surface area contributed by atoms with Crippen molar-refractivity contribution in [3.63, 3.8) is 0 Å². The van der Waals surface area contributed by atoms with Gasteiger partial charge >= 0.3 is 5.97 Å². The molecule has 2 rings (SSSR count). The minimum Gasteiger partial charge on any atom is -0.480 e. The van der Waals surface area contributed by atoms with Crippen LogP contribution in [0.3, 0.4) is 0 Å². The first-order valence-electron chi connectivity index (χ1n) is 6.78. The van der Waals surface area contributed by atoms with Crippen molar-refractivity contribution in [3.05, 3.63) is 29.3 Å². The van der Waals surface area contributed by atoms with Gasteiger partial charge < -0.3 is 5.11 Å². The molecule has 0 aliphatic heterocycles. The van der Waals surface area contributed by atoms with Gasteiger partial charge in [0.2, 0.25) is 10.0 Å². The average Bonchev–Trinajstić information content (AvgIpc) is 2.41. The van der Waals surface area contributed by atoms with E-state index in [0.717, 1.165) is 0 Å². The summed E-state index contributed by atoms with van der Waals surface area (Å²) in [5.74, 6) is -0.704. The molecule has 1 saturated carbocycles. The quantitative estimate of drug-likeness (QED) is 0.888. The maximum absolute atomic E-state index is 12.4. The van der Waals surface area contributed by atoms with Crippen LogP contribution in [0, 0.1) is 5.92 Å². The molecule has 5 nitrogen and oxygen atoms in total. The third-order valence-corrected chi connectivity index (χ3v) is 5.80. The molecule has 116 valence electrons. The number of halogens is 1. The molecule has 0 radical (unpaired) electrons. The van der Waals surface area contributed by atoms with Crippen LogP contribution in [0.2, 0.25) is 5.02 Å². The summed E-state index contributed by atoms with van der Waals surface area (Å²) in [4.78, 5) is 11.6. The van der Waals surface area contributed by atoms with Gasteiger partial charge in [0.1, 0.15) is 5.54 Å². The second-order valence-electron chi connectivity index (χ2n) is 5.63. The van der Waals surface area contributed by atoms with Gasteiger partial charge in [-0.15, -0.1) is 0 Å². The van der Waals surface area contributed by atoms with E-state index in [1.165, 1.54) is 24.3 Å². The zero-order chi connectivity index (χ0) is 15.7. The molecule has 0 atom stereocenters. The highest BCUT2D eigenvalue weighted by Crippen LogP contribution is 2.33. The maximum atomic E-state index is 12.4. The van der Waals surface area contributed by atoms with Gasteiger partial charge in [0.25, 0.3) is 0 Å². The molecule has 7 heteroatoms. The van der Waals surface area contributed by atoms with E-state index in [1.807, 2.05) is 6.92 Å². The monoisotopic (exact) mass is 331 g/mol. The van der Waals surface area contributed by atoms with Crippen LogP contribution in [0.15, 0.2) is 29.2 Å². The lowest BCUT2D eigenvalue weighted by molar-refractivity contribution is -0.145. The third kappa shape index (κ3) is 3.56. The molecule has 1 aromatic rings. The molecular formula is C14H18ClNO4S. The maximum Gasteiger partial charge on any atom is 0.324 e. The summed E-state index contributed by atoms with van der Waals surface area (Å²) in [5, 5.41) is 9.91. The van der Waals surface area contributed by atoms with Crippen LogP contribution in [0.4, 0.5) is 0 Å². The molecule has 0 bridgehead atoms. The number of sulfonamides is 1. The summed E-state index contributed by atoms with van der Waals surface area (Å²) in [5.41, 5.74) is -1.41. The molecular weight excluding hydrogens is 314 g/mol. The number of carboxylic acids is 1. The highest BCUT2D eigenvalue weighted by molar-refractivity contribution is 7.89. The van der Waals surface area contributed by atoms with Crippen LogP contribution < -0.4 is 4.72 Å². The van der Waals surface area contributed by atoms with Gasteiger partial charge in [-0.3, -0.25) is 4.79 Å². The van der Waals surface area contributed by atoms with Crippen LogP contribution in [0.1, 0.15) is 32.6 Å². The Morgan fingerprint density at radius 1 is 1.29 bits per heavy atom. The number of carbonyl (C=O) groups is 1. The first kappa shape index (κ1) is 16.3. The standard InChI is InChI=1S/C14H18ClNO4S/c1-10-6-8-14(9-7-10,13(17)18)16-21(19,20)12-4-2-11(15)3-5-12/h2-5,10,16H,6-9H2,1H3,(H,17,18). The normalized spacial score (nSPS) is 26.5. The van der Waals surface area contributed by atoms with Crippen LogP contribution in [0.25, 0.3) is 0 Å². The van der Waals surface area contributed by atoms with Gasteiger partial charge in [-0.1, -0.05) is 18.5 Å². The Labute approximate surface area is 129 Å². The van der Waals surface area contributed by atoms with Crippen LogP contribution in [-0.2, 0) is 14.8 Å². The number of rotatable bonds is 4. The smallest absolute Gasteiger partial charge is 0.324 e. The second kappa shape index (κ2) is 5.94. The molecule has 0 saturated heterocycles. The van der Waals surface area contributed by atoms with Crippen molar-refractivity contribution in [2.24, 2.45) is 5.92 Å². The van der Waals surface area contributed by atoms with E-state index < -0.39 is 21.5 Å². The number of nitrogens with one attached hydrogen (secondary N) is 1. The van der Waals surface area contributed by atoms with Crippen LogP contribution >= 0.6 is 11.6 Å². The molecule has 2 N–H and O–H groups in total. The Hall–Kier alpha value is -1.11. The van der Waals surface area contributed by atoms with Crippen molar-refractivity contribution in [1.29, 1.82) is 0 Å². The molecule has 1 fully saturated rings. The Morgan fingerprint density at radius 3 is 2.29 bits per heavy atom. The largest absolute Gasteiger partial charge is 0.480 e. The minimum absolute atomic E-state index is 0.0196. The van der Waals surface area contributed by atoms with E-state index in [0.29, 0.717) is 36.6 Å². The van der Waals surface area contributed by atoms with Crippen molar-refractivity contribution in [3.8, 4) is 0 Å². The van der Waals surface area contributed by atoms with Gasteiger partial charge in [-0.2, -0.15) is 4.72 Å². The van der Waals surface area contributed by atoms with Crippen molar-refractivity contribution in [1.82, 2.24) is 4.72 Å². The summed E-state index contributed by atoms with van der Waals surface area (Å²) in [6, 6.07) is 5.66. The average molecular weight is 332 g/mol. The molecule has 0 amide bonds. The van der Waals surface area contributed by atoms with Gasteiger partial charge in [0.05, 0.1) is 4.90 Å². The van der Waals surface area contributed by atoms with Gasteiger partial charge in [0.15, 0.2) is 0 Å². The number of aliphatic carboxylic acids is 1. The Kier molecular flexibility index (Phi) is 4.60. The van der Waals surface area contributed by atoms with Gasteiger partial charge in [-0.05, 0) is 55.9 Å². The zero-order valence-corrected chi connectivity index (χ0v) is 13.2. The molecule has 1 aliphatic carbocycles. The molecule has 21 heavy (non-hydrogen) atoms. The molecule has 0 aromatic heterocycles. The molecule has 0 heterocycles. The van der Waals surface area contributed by atoms with Crippen LogP contribution in [-0.4, -0.2) is 25.0 Å². The second-order valence-corrected chi connectivity index (χ2v) is 7.75. The highest BCUT2D eigenvalue weighted by Gasteiger charge is 2.44. The lowest BCUT2D eigenvalue weighted by Crippen LogP contribution is -2.56. The van der Waals surface area contributed by atoms with Crippen molar-refractivity contribution >= 4 is 27.6 Å². The Balaban J connectivity index is 2.28. The fourth-order valence-electron chi connectivity index (χ4n) is 2.54. The fourth-order valence-corrected chi connectivity index (χ4v) is 4.09. The number of hydrogen-bond donors (Lipinski definition) is 2. The molecule has 1 aliphatic rings. The first-order chi connectivity index (χ1) is 9.75. The van der Waals surface area contributed by atoms with Crippen LogP contribution in [0.5, 0.6) is 0 Å². The van der Waals surface area contributed by atoms with E-state index in [1.54, 1.807) is 0 Å².